The zero-order valence-electron chi connectivity index (χ0n) is 12.6. The SMILES string of the molecule is CCCNC(=O)NCCn1c(C)cnc1-c1ccccc1. The Morgan fingerprint density at radius 2 is 1.90 bits per heavy atom. The number of hydrogen-bond acceptors (Lipinski definition) is 2. The lowest BCUT2D eigenvalue weighted by molar-refractivity contribution is 0.240. The van der Waals surface area contributed by atoms with Crippen LogP contribution in [0.25, 0.3) is 11.4 Å². The molecule has 1 heterocycles. The summed E-state index contributed by atoms with van der Waals surface area (Å²) in [5.41, 5.74) is 2.17. The molecule has 2 N–H and O–H groups in total. The Kier molecular flexibility index (Phi) is 5.37. The summed E-state index contributed by atoms with van der Waals surface area (Å²) < 4.78 is 2.12. The molecule has 1 aromatic carbocycles. The summed E-state index contributed by atoms with van der Waals surface area (Å²) in [6.45, 7) is 6.03. The molecule has 0 saturated heterocycles. The van der Waals surface area contributed by atoms with E-state index in [2.05, 4.69) is 20.2 Å². The largest absolute Gasteiger partial charge is 0.338 e. The molecule has 0 unspecified atom stereocenters. The topological polar surface area (TPSA) is 59.0 Å². The van der Waals surface area contributed by atoms with Gasteiger partial charge in [-0.3, -0.25) is 0 Å². The van der Waals surface area contributed by atoms with Crippen molar-refractivity contribution >= 4 is 6.03 Å². The molecule has 0 spiro atoms. The highest BCUT2D eigenvalue weighted by atomic mass is 16.2. The number of carbonyl (C=O) groups excluding carboxylic acids is 1. The minimum atomic E-state index is -0.115. The van der Waals surface area contributed by atoms with E-state index in [9.17, 15) is 4.79 Å². The predicted octanol–water partition coefficient (Wildman–Crippen LogP) is 2.57. The highest BCUT2D eigenvalue weighted by Crippen LogP contribution is 2.18. The molecule has 0 radical (unpaired) electrons. The molecule has 2 aromatic rings. The van der Waals surface area contributed by atoms with Gasteiger partial charge in [0.1, 0.15) is 5.82 Å². The van der Waals surface area contributed by atoms with Gasteiger partial charge in [0.2, 0.25) is 0 Å². The molecule has 0 aliphatic carbocycles. The third-order valence-electron chi connectivity index (χ3n) is 3.24. The van der Waals surface area contributed by atoms with Gasteiger partial charge in [-0.05, 0) is 13.3 Å². The molecule has 112 valence electrons. The number of rotatable bonds is 6. The molecule has 0 fully saturated rings. The van der Waals surface area contributed by atoms with Gasteiger partial charge in [-0.15, -0.1) is 0 Å². The van der Waals surface area contributed by atoms with Crippen LogP contribution >= 0.6 is 0 Å². The number of urea groups is 1. The molecule has 0 aliphatic rings. The monoisotopic (exact) mass is 286 g/mol. The quantitative estimate of drug-likeness (QED) is 0.857. The van der Waals surface area contributed by atoms with Crippen molar-refractivity contribution in [2.75, 3.05) is 13.1 Å². The molecular weight excluding hydrogens is 264 g/mol. The number of aromatic nitrogens is 2. The zero-order valence-corrected chi connectivity index (χ0v) is 12.6. The fourth-order valence-corrected chi connectivity index (χ4v) is 2.14. The number of amides is 2. The Labute approximate surface area is 125 Å². The summed E-state index contributed by atoms with van der Waals surface area (Å²) in [6.07, 6.45) is 2.80. The van der Waals surface area contributed by atoms with Gasteiger partial charge in [-0.1, -0.05) is 37.3 Å². The van der Waals surface area contributed by atoms with E-state index in [1.807, 2.05) is 50.4 Å². The third kappa shape index (κ3) is 4.08. The van der Waals surface area contributed by atoms with E-state index in [0.717, 1.165) is 23.5 Å². The Morgan fingerprint density at radius 1 is 1.19 bits per heavy atom. The molecule has 0 bridgehead atoms. The van der Waals surface area contributed by atoms with Crippen LogP contribution in [-0.2, 0) is 6.54 Å². The molecular formula is C16H22N4O. The summed E-state index contributed by atoms with van der Waals surface area (Å²) in [5, 5.41) is 5.66. The van der Waals surface area contributed by atoms with E-state index < -0.39 is 0 Å². The number of benzene rings is 1. The van der Waals surface area contributed by atoms with Gasteiger partial charge in [0.25, 0.3) is 0 Å². The summed E-state index contributed by atoms with van der Waals surface area (Å²) in [7, 11) is 0. The Bertz CT molecular complexity index is 577. The second-order valence-electron chi connectivity index (χ2n) is 4.92. The van der Waals surface area contributed by atoms with Gasteiger partial charge in [-0.2, -0.15) is 0 Å². The van der Waals surface area contributed by atoms with Crippen LogP contribution in [0, 0.1) is 6.92 Å². The summed E-state index contributed by atoms with van der Waals surface area (Å²) in [4.78, 5) is 16.0. The first-order chi connectivity index (χ1) is 10.2. The van der Waals surface area contributed by atoms with Gasteiger partial charge in [0.15, 0.2) is 0 Å². The molecule has 2 amide bonds. The average molecular weight is 286 g/mol. The lowest BCUT2D eigenvalue weighted by atomic mass is 10.2. The Hall–Kier alpha value is -2.30. The van der Waals surface area contributed by atoms with Crippen molar-refractivity contribution in [3.05, 3.63) is 42.2 Å². The van der Waals surface area contributed by atoms with Crippen LogP contribution in [0.1, 0.15) is 19.0 Å². The fraction of sp³-hybridized carbons (Fsp3) is 0.375. The van der Waals surface area contributed by atoms with Crippen LogP contribution in [0.5, 0.6) is 0 Å². The number of nitrogens with zero attached hydrogens (tertiary/aromatic N) is 2. The molecule has 1 aromatic heterocycles. The fourth-order valence-electron chi connectivity index (χ4n) is 2.14. The lowest BCUT2D eigenvalue weighted by Crippen LogP contribution is -2.37. The van der Waals surface area contributed by atoms with Crippen LogP contribution in [0.15, 0.2) is 36.5 Å². The van der Waals surface area contributed by atoms with Crippen molar-refractivity contribution in [3.8, 4) is 11.4 Å². The highest BCUT2D eigenvalue weighted by molar-refractivity contribution is 5.73. The number of hydrogen-bond donors (Lipinski definition) is 2. The van der Waals surface area contributed by atoms with Crippen molar-refractivity contribution < 1.29 is 4.79 Å². The molecule has 5 nitrogen and oxygen atoms in total. The van der Waals surface area contributed by atoms with Crippen LogP contribution in [0.2, 0.25) is 0 Å². The second kappa shape index (κ2) is 7.47. The molecule has 5 heteroatoms. The van der Waals surface area contributed by atoms with Crippen molar-refractivity contribution in [3.63, 3.8) is 0 Å². The zero-order chi connectivity index (χ0) is 15.1. The van der Waals surface area contributed by atoms with E-state index in [-0.39, 0.29) is 6.03 Å². The first kappa shape index (κ1) is 15.1. The Balaban J connectivity index is 1.98. The molecule has 0 saturated carbocycles. The van der Waals surface area contributed by atoms with E-state index in [4.69, 9.17) is 0 Å². The first-order valence-electron chi connectivity index (χ1n) is 7.31. The molecule has 0 aliphatic heterocycles. The third-order valence-corrected chi connectivity index (χ3v) is 3.24. The minimum Gasteiger partial charge on any atom is -0.338 e. The molecule has 21 heavy (non-hydrogen) atoms. The van der Waals surface area contributed by atoms with Gasteiger partial charge >= 0.3 is 6.03 Å². The summed E-state index contributed by atoms with van der Waals surface area (Å²) in [6, 6.07) is 9.96. The van der Waals surface area contributed by atoms with E-state index in [1.54, 1.807) is 0 Å². The smallest absolute Gasteiger partial charge is 0.314 e. The van der Waals surface area contributed by atoms with Crippen molar-refractivity contribution in [1.82, 2.24) is 20.2 Å². The van der Waals surface area contributed by atoms with Gasteiger partial charge in [0.05, 0.1) is 0 Å². The van der Waals surface area contributed by atoms with Crippen LogP contribution in [0.4, 0.5) is 4.79 Å². The number of imidazole rings is 1. The highest BCUT2D eigenvalue weighted by Gasteiger charge is 2.09. The van der Waals surface area contributed by atoms with E-state index in [0.29, 0.717) is 19.6 Å². The average Bonchev–Trinajstić information content (AvgIpc) is 2.87. The van der Waals surface area contributed by atoms with Crippen molar-refractivity contribution in [1.29, 1.82) is 0 Å². The van der Waals surface area contributed by atoms with Crippen LogP contribution < -0.4 is 10.6 Å². The first-order valence-corrected chi connectivity index (χ1v) is 7.31. The Morgan fingerprint density at radius 3 is 2.62 bits per heavy atom. The van der Waals surface area contributed by atoms with Crippen molar-refractivity contribution in [2.45, 2.75) is 26.8 Å². The van der Waals surface area contributed by atoms with Gasteiger partial charge in [-0.25, -0.2) is 9.78 Å². The molecule has 2 rings (SSSR count). The maximum Gasteiger partial charge on any atom is 0.314 e. The number of nitrogens with one attached hydrogen (secondary N) is 2. The van der Waals surface area contributed by atoms with Gasteiger partial charge in [0, 0.05) is 37.1 Å². The standard InChI is InChI=1S/C16H22N4O/c1-3-9-17-16(21)18-10-11-20-13(2)12-19-15(20)14-7-5-4-6-8-14/h4-8,12H,3,9-11H2,1-2H3,(H2,17,18,21). The lowest BCUT2D eigenvalue weighted by Gasteiger charge is -2.11. The van der Waals surface area contributed by atoms with Gasteiger partial charge < -0.3 is 15.2 Å². The normalized spacial score (nSPS) is 10.4. The van der Waals surface area contributed by atoms with Crippen LogP contribution in [0.3, 0.4) is 0 Å². The minimum absolute atomic E-state index is 0.115. The van der Waals surface area contributed by atoms with Crippen LogP contribution in [-0.4, -0.2) is 28.7 Å². The molecule has 0 atom stereocenters. The number of aryl methyl sites for hydroxylation is 1. The van der Waals surface area contributed by atoms with Crippen molar-refractivity contribution in [2.24, 2.45) is 0 Å². The van der Waals surface area contributed by atoms with E-state index in [1.165, 1.54) is 0 Å². The predicted molar refractivity (Wildman–Crippen MR) is 84.1 cm³/mol. The maximum absolute atomic E-state index is 11.5. The van der Waals surface area contributed by atoms with E-state index >= 15 is 0 Å². The summed E-state index contributed by atoms with van der Waals surface area (Å²) >= 11 is 0. The maximum atomic E-state index is 11.5. The second-order valence-corrected chi connectivity index (χ2v) is 4.92. The number of carbonyl (C=O) groups is 1. The summed E-state index contributed by atoms with van der Waals surface area (Å²) in [5.74, 6) is 0.934.